The lowest BCUT2D eigenvalue weighted by Crippen LogP contribution is -2.18. The maximum atomic E-state index is 13.3. The molecule has 0 atom stereocenters. The van der Waals surface area contributed by atoms with Crippen LogP contribution < -0.4 is 0 Å². The van der Waals surface area contributed by atoms with Crippen LogP contribution in [0, 0.1) is 0 Å². The van der Waals surface area contributed by atoms with Gasteiger partial charge in [0, 0.05) is 11.1 Å². The molecule has 3 rings (SSSR count). The second-order valence-corrected chi connectivity index (χ2v) is 8.83. The predicted molar refractivity (Wildman–Crippen MR) is 123 cm³/mol. The summed E-state index contributed by atoms with van der Waals surface area (Å²) in [5.41, 5.74) is 3.66. The van der Waals surface area contributed by atoms with Gasteiger partial charge in [-0.05, 0) is 113 Å². The minimum absolute atomic E-state index is 0.107. The Morgan fingerprint density at radius 1 is 0.812 bits per heavy atom. The summed E-state index contributed by atoms with van der Waals surface area (Å²) >= 11 is 0. The average Bonchev–Trinajstić information content (AvgIpc) is 2.98. The Hall–Kier alpha value is -3.03. The quantitative estimate of drug-likeness (QED) is 0.501. The number of benzene rings is 2. The molecule has 0 aromatic heterocycles. The van der Waals surface area contributed by atoms with E-state index in [1.54, 1.807) is 6.07 Å². The predicted octanol–water partition coefficient (Wildman–Crippen LogP) is 3.28. The first-order valence-electron chi connectivity index (χ1n) is 10.8. The highest BCUT2D eigenvalue weighted by molar-refractivity contribution is 6.24. The molecule has 0 saturated heterocycles. The van der Waals surface area contributed by atoms with Gasteiger partial charge in [0.1, 0.15) is 0 Å². The fourth-order valence-electron chi connectivity index (χ4n) is 4.38. The molecule has 0 spiro atoms. The van der Waals surface area contributed by atoms with E-state index in [0.29, 0.717) is 52.6 Å². The van der Waals surface area contributed by atoms with Crippen molar-refractivity contribution in [2.75, 3.05) is 41.3 Å². The van der Waals surface area contributed by atoms with Gasteiger partial charge in [-0.15, -0.1) is 0 Å². The van der Waals surface area contributed by atoms with Gasteiger partial charge in [0.2, 0.25) is 0 Å². The Labute approximate surface area is 188 Å². The fourth-order valence-corrected chi connectivity index (χ4v) is 4.38. The Morgan fingerprint density at radius 3 is 2.00 bits per heavy atom. The lowest BCUT2D eigenvalue weighted by Gasteiger charge is -2.18. The van der Waals surface area contributed by atoms with Crippen molar-refractivity contribution in [2.24, 2.45) is 0 Å². The van der Waals surface area contributed by atoms with E-state index in [1.165, 1.54) is 18.2 Å². The van der Waals surface area contributed by atoms with Gasteiger partial charge in [-0.2, -0.15) is 0 Å². The molecule has 0 heterocycles. The number of hydrogen-bond acceptors (Lipinski definition) is 5. The van der Waals surface area contributed by atoms with E-state index in [1.807, 2.05) is 38.0 Å². The Morgan fingerprint density at radius 2 is 1.44 bits per heavy atom. The highest BCUT2D eigenvalue weighted by Gasteiger charge is 2.33. The molecule has 0 fully saturated rings. The number of carboxylic acids is 2. The smallest absolute Gasteiger partial charge is 0.336 e. The molecule has 2 aromatic carbocycles. The SMILES string of the molecule is CN(C)CCCc1cc2c(c(CCCN(C)C)c1C(=O)O)C(=O)c1ccc(C(=O)O)cc1-2. The van der Waals surface area contributed by atoms with E-state index in [4.69, 9.17) is 0 Å². The summed E-state index contributed by atoms with van der Waals surface area (Å²) < 4.78 is 0. The first kappa shape index (κ1) is 23.6. The summed E-state index contributed by atoms with van der Waals surface area (Å²) in [5, 5.41) is 19.5. The fraction of sp³-hybridized carbons (Fsp3) is 0.400. The van der Waals surface area contributed by atoms with E-state index < -0.39 is 11.9 Å². The molecule has 0 amide bonds. The molecule has 1 aliphatic rings. The first-order valence-corrected chi connectivity index (χ1v) is 10.8. The Kier molecular flexibility index (Phi) is 7.11. The zero-order valence-electron chi connectivity index (χ0n) is 19.1. The normalized spacial score (nSPS) is 12.4. The largest absolute Gasteiger partial charge is 0.478 e. The van der Waals surface area contributed by atoms with Gasteiger partial charge in [-0.1, -0.05) is 0 Å². The molecular weight excluding hydrogens is 408 g/mol. The summed E-state index contributed by atoms with van der Waals surface area (Å²) in [6.07, 6.45) is 2.52. The average molecular weight is 439 g/mol. The van der Waals surface area contributed by atoms with E-state index in [0.717, 1.165) is 19.5 Å². The van der Waals surface area contributed by atoms with Crippen molar-refractivity contribution in [3.8, 4) is 11.1 Å². The van der Waals surface area contributed by atoms with Gasteiger partial charge in [0.15, 0.2) is 5.78 Å². The molecule has 2 aromatic rings. The van der Waals surface area contributed by atoms with Gasteiger partial charge in [-0.3, -0.25) is 4.79 Å². The molecule has 0 bridgehead atoms. The summed E-state index contributed by atoms with van der Waals surface area (Å²) in [6.45, 7) is 1.58. The van der Waals surface area contributed by atoms with E-state index in [-0.39, 0.29) is 16.9 Å². The number of carbonyl (C=O) groups excluding carboxylic acids is 1. The molecule has 0 aliphatic heterocycles. The summed E-state index contributed by atoms with van der Waals surface area (Å²) in [6, 6.07) is 6.28. The standard InChI is InChI=1S/C25H30N2O5/c1-26(2)11-5-7-15-13-20-19-14-16(24(29)30)9-10-17(19)23(28)22(20)18(21(15)25(31)32)8-6-12-27(3)4/h9-10,13-14H,5-8,11-12H2,1-4H3,(H,29,30)(H,31,32). The zero-order valence-corrected chi connectivity index (χ0v) is 19.1. The van der Waals surface area contributed by atoms with Crippen molar-refractivity contribution in [1.82, 2.24) is 9.80 Å². The van der Waals surface area contributed by atoms with Crippen LogP contribution >= 0.6 is 0 Å². The molecule has 170 valence electrons. The van der Waals surface area contributed by atoms with E-state index >= 15 is 0 Å². The number of fused-ring (bicyclic) bond motifs is 3. The highest BCUT2D eigenvalue weighted by atomic mass is 16.4. The lowest BCUT2D eigenvalue weighted by molar-refractivity contribution is 0.0684. The first-order chi connectivity index (χ1) is 15.1. The van der Waals surface area contributed by atoms with E-state index in [9.17, 15) is 24.6 Å². The number of carbonyl (C=O) groups is 3. The molecule has 2 N–H and O–H groups in total. The number of aryl methyl sites for hydroxylation is 1. The van der Waals surface area contributed by atoms with E-state index in [2.05, 4.69) is 0 Å². The number of rotatable bonds is 10. The third-order valence-corrected chi connectivity index (χ3v) is 5.84. The minimum atomic E-state index is -1.06. The van der Waals surface area contributed by atoms with Crippen LogP contribution in [-0.2, 0) is 12.8 Å². The third-order valence-electron chi connectivity index (χ3n) is 5.84. The minimum Gasteiger partial charge on any atom is -0.478 e. The topological polar surface area (TPSA) is 98.2 Å². The molecular formula is C25H30N2O5. The van der Waals surface area contributed by atoms with Gasteiger partial charge in [-0.25, -0.2) is 9.59 Å². The van der Waals surface area contributed by atoms with Crippen LogP contribution in [0.3, 0.4) is 0 Å². The lowest BCUT2D eigenvalue weighted by atomic mass is 9.87. The molecule has 0 unspecified atom stereocenters. The van der Waals surface area contributed by atoms with Crippen LogP contribution in [0.4, 0.5) is 0 Å². The van der Waals surface area contributed by atoms with Crippen LogP contribution in [0.25, 0.3) is 11.1 Å². The van der Waals surface area contributed by atoms with Crippen LogP contribution in [0.2, 0.25) is 0 Å². The monoisotopic (exact) mass is 438 g/mol. The number of ketones is 1. The molecule has 1 aliphatic carbocycles. The third kappa shape index (κ3) is 4.74. The van der Waals surface area contributed by atoms with Crippen molar-refractivity contribution >= 4 is 17.7 Å². The Bertz CT molecular complexity index is 1070. The van der Waals surface area contributed by atoms with Crippen molar-refractivity contribution in [2.45, 2.75) is 25.7 Å². The van der Waals surface area contributed by atoms with Gasteiger partial charge >= 0.3 is 11.9 Å². The highest BCUT2D eigenvalue weighted by Crippen LogP contribution is 2.42. The molecule has 0 radical (unpaired) electrons. The number of carboxylic acid groups (broad SMARTS) is 2. The van der Waals surface area contributed by atoms with Gasteiger partial charge in [0.05, 0.1) is 11.1 Å². The second-order valence-electron chi connectivity index (χ2n) is 8.83. The van der Waals surface area contributed by atoms with Crippen LogP contribution in [0.15, 0.2) is 24.3 Å². The van der Waals surface area contributed by atoms with Gasteiger partial charge < -0.3 is 20.0 Å². The van der Waals surface area contributed by atoms with Crippen molar-refractivity contribution in [1.29, 1.82) is 0 Å². The zero-order chi connectivity index (χ0) is 23.6. The van der Waals surface area contributed by atoms with Crippen molar-refractivity contribution in [3.63, 3.8) is 0 Å². The van der Waals surface area contributed by atoms with Crippen molar-refractivity contribution in [3.05, 3.63) is 57.6 Å². The van der Waals surface area contributed by atoms with Crippen LogP contribution in [-0.4, -0.2) is 79.0 Å². The summed E-state index contributed by atoms with van der Waals surface area (Å²) in [4.78, 5) is 41.2. The molecule has 7 heteroatoms. The van der Waals surface area contributed by atoms with Crippen LogP contribution in [0.5, 0.6) is 0 Å². The molecule has 0 saturated carbocycles. The van der Waals surface area contributed by atoms with Crippen molar-refractivity contribution < 1.29 is 24.6 Å². The second kappa shape index (κ2) is 9.63. The maximum Gasteiger partial charge on any atom is 0.336 e. The number of hydrogen-bond donors (Lipinski definition) is 2. The summed E-state index contributed by atoms with van der Waals surface area (Å²) in [7, 11) is 7.84. The molecule has 32 heavy (non-hydrogen) atoms. The Balaban J connectivity index is 2.19. The maximum absolute atomic E-state index is 13.3. The number of aromatic carboxylic acids is 2. The van der Waals surface area contributed by atoms with Crippen LogP contribution in [0.1, 0.15) is 60.6 Å². The summed E-state index contributed by atoms with van der Waals surface area (Å²) in [5.74, 6) is -2.31. The van der Waals surface area contributed by atoms with Gasteiger partial charge in [0.25, 0.3) is 0 Å². The number of nitrogens with zero attached hydrogens (tertiary/aromatic N) is 2. The molecule has 7 nitrogen and oxygen atoms in total.